The SMILES string of the molecule is Cc1nc(-c2cccs2)sc1-c1ccc(SCC(=O)Nc2cccnc2)nn1. The van der Waals surface area contributed by atoms with Crippen LogP contribution in [0.3, 0.4) is 0 Å². The van der Waals surface area contributed by atoms with Gasteiger partial charge < -0.3 is 5.32 Å². The zero-order valence-electron chi connectivity index (χ0n) is 14.8. The Morgan fingerprint density at radius 1 is 1.18 bits per heavy atom. The first kappa shape index (κ1) is 18.7. The van der Waals surface area contributed by atoms with Crippen molar-refractivity contribution in [1.82, 2.24) is 20.2 Å². The smallest absolute Gasteiger partial charge is 0.234 e. The van der Waals surface area contributed by atoms with Crippen LogP contribution in [0, 0.1) is 6.92 Å². The molecule has 0 fully saturated rings. The third-order valence-corrected chi connectivity index (χ3v) is 6.84. The molecule has 0 atom stereocenters. The van der Waals surface area contributed by atoms with E-state index < -0.39 is 0 Å². The van der Waals surface area contributed by atoms with Crippen molar-refractivity contribution in [3.8, 4) is 20.5 Å². The summed E-state index contributed by atoms with van der Waals surface area (Å²) in [4.78, 5) is 22.8. The predicted octanol–water partition coefficient (Wildman–Crippen LogP) is 4.76. The monoisotopic (exact) mass is 425 g/mol. The van der Waals surface area contributed by atoms with Crippen LogP contribution in [0.15, 0.2) is 59.2 Å². The molecule has 4 aromatic rings. The van der Waals surface area contributed by atoms with Gasteiger partial charge in [-0.05, 0) is 42.6 Å². The Bertz CT molecular complexity index is 1060. The minimum Gasteiger partial charge on any atom is -0.324 e. The van der Waals surface area contributed by atoms with Crippen molar-refractivity contribution in [3.63, 3.8) is 0 Å². The highest BCUT2D eigenvalue weighted by Crippen LogP contribution is 2.36. The number of carbonyl (C=O) groups excluding carboxylic acids is 1. The van der Waals surface area contributed by atoms with Gasteiger partial charge in [0.1, 0.15) is 15.7 Å². The molecule has 0 unspecified atom stereocenters. The molecule has 9 heteroatoms. The standard InChI is InChI=1S/C19H15N5OS3/c1-12-18(28-19(21-12)15-5-3-9-26-15)14-6-7-17(24-23-14)27-11-16(25)22-13-4-2-8-20-10-13/h2-10H,11H2,1H3,(H,22,25). The Hall–Kier alpha value is -2.62. The maximum atomic E-state index is 12.0. The quantitative estimate of drug-likeness (QED) is 0.449. The molecule has 28 heavy (non-hydrogen) atoms. The van der Waals surface area contributed by atoms with Gasteiger partial charge in [-0.3, -0.25) is 9.78 Å². The lowest BCUT2D eigenvalue weighted by atomic mass is 10.3. The maximum Gasteiger partial charge on any atom is 0.234 e. The molecular weight excluding hydrogens is 410 g/mol. The number of thiazole rings is 1. The molecule has 1 amide bonds. The summed E-state index contributed by atoms with van der Waals surface area (Å²) in [5, 5.41) is 15.1. The molecule has 0 saturated heterocycles. The summed E-state index contributed by atoms with van der Waals surface area (Å²) in [6, 6.07) is 11.5. The highest BCUT2D eigenvalue weighted by atomic mass is 32.2. The van der Waals surface area contributed by atoms with Crippen molar-refractivity contribution in [1.29, 1.82) is 0 Å². The summed E-state index contributed by atoms with van der Waals surface area (Å²) in [5.74, 6) is 0.146. The van der Waals surface area contributed by atoms with E-state index in [0.717, 1.165) is 26.1 Å². The summed E-state index contributed by atoms with van der Waals surface area (Å²) < 4.78 is 0. The lowest BCUT2D eigenvalue weighted by Crippen LogP contribution is -2.14. The van der Waals surface area contributed by atoms with E-state index >= 15 is 0 Å². The van der Waals surface area contributed by atoms with Gasteiger partial charge in [-0.15, -0.1) is 32.9 Å². The largest absolute Gasteiger partial charge is 0.324 e. The highest BCUT2D eigenvalue weighted by Gasteiger charge is 2.14. The molecule has 4 aromatic heterocycles. The van der Waals surface area contributed by atoms with Crippen LogP contribution in [-0.4, -0.2) is 31.8 Å². The Morgan fingerprint density at radius 2 is 2.11 bits per heavy atom. The summed E-state index contributed by atoms with van der Waals surface area (Å²) in [5.41, 5.74) is 2.41. The molecule has 140 valence electrons. The first-order valence-electron chi connectivity index (χ1n) is 8.37. The van der Waals surface area contributed by atoms with E-state index in [2.05, 4.69) is 31.5 Å². The first-order chi connectivity index (χ1) is 13.7. The number of amides is 1. The summed E-state index contributed by atoms with van der Waals surface area (Å²) in [7, 11) is 0. The second-order valence-corrected chi connectivity index (χ2v) is 8.69. The number of nitrogens with zero attached hydrogens (tertiary/aromatic N) is 4. The number of anilines is 1. The number of hydrogen-bond acceptors (Lipinski definition) is 8. The molecular formula is C19H15N5OS3. The highest BCUT2D eigenvalue weighted by molar-refractivity contribution is 7.99. The van der Waals surface area contributed by atoms with Crippen LogP contribution in [0.1, 0.15) is 5.69 Å². The van der Waals surface area contributed by atoms with Gasteiger partial charge in [0.25, 0.3) is 0 Å². The molecule has 1 N–H and O–H groups in total. The second kappa shape index (κ2) is 8.59. The fraction of sp³-hybridized carbons (Fsp3) is 0.105. The Labute approximate surface area is 174 Å². The summed E-state index contributed by atoms with van der Waals surface area (Å²) in [6.07, 6.45) is 3.27. The van der Waals surface area contributed by atoms with Crippen molar-refractivity contribution in [2.24, 2.45) is 0 Å². The van der Waals surface area contributed by atoms with E-state index in [9.17, 15) is 4.79 Å². The minimum absolute atomic E-state index is 0.109. The molecule has 0 spiro atoms. The van der Waals surface area contributed by atoms with Crippen molar-refractivity contribution >= 4 is 46.0 Å². The van der Waals surface area contributed by atoms with Crippen LogP contribution in [0.25, 0.3) is 20.5 Å². The van der Waals surface area contributed by atoms with Crippen LogP contribution >= 0.6 is 34.4 Å². The van der Waals surface area contributed by atoms with Crippen molar-refractivity contribution in [3.05, 3.63) is 59.9 Å². The fourth-order valence-corrected chi connectivity index (χ4v) is 4.87. The zero-order chi connectivity index (χ0) is 19.3. The van der Waals surface area contributed by atoms with Crippen LogP contribution in [0.4, 0.5) is 5.69 Å². The Balaban J connectivity index is 1.40. The number of aromatic nitrogens is 4. The topological polar surface area (TPSA) is 80.7 Å². The molecule has 0 aliphatic rings. The third kappa shape index (κ3) is 4.44. The predicted molar refractivity (Wildman–Crippen MR) is 115 cm³/mol. The van der Waals surface area contributed by atoms with E-state index in [1.54, 1.807) is 47.2 Å². The molecule has 4 heterocycles. The average Bonchev–Trinajstić information content (AvgIpc) is 3.37. The van der Waals surface area contributed by atoms with E-state index in [1.807, 2.05) is 30.5 Å². The number of thiophene rings is 1. The van der Waals surface area contributed by atoms with E-state index in [4.69, 9.17) is 0 Å². The Morgan fingerprint density at radius 3 is 2.82 bits per heavy atom. The van der Waals surface area contributed by atoms with Crippen LogP contribution in [-0.2, 0) is 4.79 Å². The molecule has 0 aliphatic heterocycles. The van der Waals surface area contributed by atoms with Crippen molar-refractivity contribution < 1.29 is 4.79 Å². The molecule has 0 aromatic carbocycles. The molecule has 0 bridgehead atoms. The van der Waals surface area contributed by atoms with Gasteiger partial charge in [0.15, 0.2) is 0 Å². The number of thioether (sulfide) groups is 1. The molecule has 0 radical (unpaired) electrons. The van der Waals surface area contributed by atoms with Gasteiger partial charge in [0.2, 0.25) is 5.91 Å². The molecule has 4 rings (SSSR count). The van der Waals surface area contributed by atoms with Gasteiger partial charge in [-0.2, -0.15) is 0 Å². The normalized spacial score (nSPS) is 10.8. The fourth-order valence-electron chi connectivity index (χ4n) is 2.43. The van der Waals surface area contributed by atoms with Gasteiger partial charge >= 0.3 is 0 Å². The molecule has 0 aliphatic carbocycles. The third-order valence-electron chi connectivity index (χ3n) is 3.70. The van der Waals surface area contributed by atoms with Crippen LogP contribution < -0.4 is 5.32 Å². The van der Waals surface area contributed by atoms with Crippen molar-refractivity contribution in [2.45, 2.75) is 11.9 Å². The van der Waals surface area contributed by atoms with Crippen LogP contribution in [0.2, 0.25) is 0 Å². The number of rotatable bonds is 6. The number of carbonyl (C=O) groups is 1. The van der Waals surface area contributed by atoms with Crippen molar-refractivity contribution in [2.75, 3.05) is 11.1 Å². The average molecular weight is 426 g/mol. The van der Waals surface area contributed by atoms with Gasteiger partial charge in [-0.25, -0.2) is 4.98 Å². The summed E-state index contributed by atoms with van der Waals surface area (Å²) >= 11 is 4.63. The Kier molecular flexibility index (Phi) is 5.75. The summed E-state index contributed by atoms with van der Waals surface area (Å²) in [6.45, 7) is 1.98. The molecule has 6 nitrogen and oxygen atoms in total. The number of pyridine rings is 1. The lowest BCUT2D eigenvalue weighted by molar-refractivity contribution is -0.113. The number of hydrogen-bond donors (Lipinski definition) is 1. The van der Waals surface area contributed by atoms with Gasteiger partial charge in [0.05, 0.1) is 33.1 Å². The first-order valence-corrected chi connectivity index (χ1v) is 11.1. The second-order valence-electron chi connectivity index (χ2n) is 5.75. The van der Waals surface area contributed by atoms with E-state index in [-0.39, 0.29) is 11.7 Å². The van der Waals surface area contributed by atoms with Gasteiger partial charge in [-0.1, -0.05) is 17.8 Å². The number of nitrogens with one attached hydrogen (secondary N) is 1. The minimum atomic E-state index is -0.109. The number of aryl methyl sites for hydroxylation is 1. The lowest BCUT2D eigenvalue weighted by Gasteiger charge is -2.04. The van der Waals surface area contributed by atoms with Crippen LogP contribution in [0.5, 0.6) is 0 Å². The van der Waals surface area contributed by atoms with E-state index in [1.165, 1.54) is 11.8 Å². The maximum absolute atomic E-state index is 12.0. The zero-order valence-corrected chi connectivity index (χ0v) is 17.3. The molecule has 0 saturated carbocycles. The van der Waals surface area contributed by atoms with Gasteiger partial charge in [0, 0.05) is 6.20 Å². The van der Waals surface area contributed by atoms with E-state index in [0.29, 0.717) is 10.7 Å².